The largest absolute Gasteiger partial charge is 0.507 e. The van der Waals surface area contributed by atoms with Gasteiger partial charge < -0.3 is 15.8 Å². The SMILES string of the molecule is N=C(N)c1cc2cc(-c3cc(-c4nn[nH]n4)cc(-c4cccc([N+](=O)[O-])c4)c3O)[nH]c2cc1Cl. The number of aromatic amines is 2. The third-order valence-electron chi connectivity index (χ3n) is 5.37. The van der Waals surface area contributed by atoms with Crippen LogP contribution in [-0.2, 0) is 0 Å². The molecule has 34 heavy (non-hydrogen) atoms. The van der Waals surface area contributed by atoms with Gasteiger partial charge in [0.05, 0.1) is 15.6 Å². The summed E-state index contributed by atoms with van der Waals surface area (Å²) in [6.07, 6.45) is 0. The van der Waals surface area contributed by atoms with Crippen LogP contribution in [0.25, 0.3) is 44.7 Å². The van der Waals surface area contributed by atoms with Crippen molar-refractivity contribution in [2.45, 2.75) is 0 Å². The first-order valence-electron chi connectivity index (χ1n) is 9.84. The third kappa shape index (κ3) is 3.59. The molecule has 6 N–H and O–H groups in total. The number of hydrogen-bond acceptors (Lipinski definition) is 7. The van der Waals surface area contributed by atoms with Crippen molar-refractivity contribution in [2.24, 2.45) is 5.73 Å². The molecule has 0 aliphatic heterocycles. The van der Waals surface area contributed by atoms with E-state index in [0.717, 1.165) is 5.39 Å². The number of benzene rings is 3. The Labute approximate surface area is 195 Å². The molecule has 0 amide bonds. The summed E-state index contributed by atoms with van der Waals surface area (Å²) < 4.78 is 0. The lowest BCUT2D eigenvalue weighted by atomic mass is 9.96. The molecule has 0 unspecified atom stereocenters. The Morgan fingerprint density at radius 1 is 1.12 bits per heavy atom. The smallest absolute Gasteiger partial charge is 0.270 e. The number of nitrogens with zero attached hydrogens (tertiary/aromatic N) is 4. The molecule has 5 rings (SSSR count). The average molecular weight is 475 g/mol. The van der Waals surface area contributed by atoms with Gasteiger partial charge in [0.1, 0.15) is 11.6 Å². The summed E-state index contributed by atoms with van der Waals surface area (Å²) in [5, 5.41) is 45.3. The molecule has 0 bridgehead atoms. The van der Waals surface area contributed by atoms with E-state index in [2.05, 4.69) is 25.6 Å². The Morgan fingerprint density at radius 3 is 2.62 bits per heavy atom. The highest BCUT2D eigenvalue weighted by Crippen LogP contribution is 2.42. The highest BCUT2D eigenvalue weighted by molar-refractivity contribution is 6.34. The van der Waals surface area contributed by atoms with Gasteiger partial charge in [0.15, 0.2) is 0 Å². The van der Waals surface area contributed by atoms with E-state index in [9.17, 15) is 15.2 Å². The predicted molar refractivity (Wildman–Crippen MR) is 127 cm³/mol. The molecule has 0 aliphatic rings. The lowest BCUT2D eigenvalue weighted by Gasteiger charge is -2.12. The fraction of sp³-hybridized carbons (Fsp3) is 0. The molecule has 0 saturated heterocycles. The summed E-state index contributed by atoms with van der Waals surface area (Å²) in [6.45, 7) is 0. The number of tetrazole rings is 1. The lowest BCUT2D eigenvalue weighted by molar-refractivity contribution is -0.384. The number of halogens is 1. The molecule has 2 aromatic heterocycles. The first kappa shape index (κ1) is 21.1. The van der Waals surface area contributed by atoms with Crippen LogP contribution in [0.5, 0.6) is 5.75 Å². The maximum atomic E-state index is 11.3. The minimum atomic E-state index is -0.501. The van der Waals surface area contributed by atoms with E-state index in [1.54, 1.807) is 42.5 Å². The van der Waals surface area contributed by atoms with Crippen LogP contribution in [-0.4, -0.2) is 41.5 Å². The number of nitrogen functional groups attached to an aromatic ring is 1. The van der Waals surface area contributed by atoms with Gasteiger partial charge in [0, 0.05) is 45.3 Å². The monoisotopic (exact) mass is 474 g/mol. The maximum absolute atomic E-state index is 11.3. The topological polar surface area (TPSA) is 183 Å². The van der Waals surface area contributed by atoms with Crippen molar-refractivity contribution in [3.63, 3.8) is 0 Å². The Hall–Kier alpha value is -4.77. The number of phenolic OH excluding ortho intramolecular Hbond substituents is 1. The van der Waals surface area contributed by atoms with Crippen molar-refractivity contribution >= 4 is 34.0 Å². The fourth-order valence-electron chi connectivity index (χ4n) is 3.77. The van der Waals surface area contributed by atoms with Crippen LogP contribution in [0.15, 0.2) is 54.6 Å². The lowest BCUT2D eigenvalue weighted by Crippen LogP contribution is -2.11. The van der Waals surface area contributed by atoms with Crippen molar-refractivity contribution in [1.82, 2.24) is 25.6 Å². The highest BCUT2D eigenvalue weighted by atomic mass is 35.5. The number of nitro groups is 1. The van der Waals surface area contributed by atoms with Gasteiger partial charge in [0.2, 0.25) is 5.82 Å². The zero-order valence-corrected chi connectivity index (χ0v) is 18.0. The molecular weight excluding hydrogens is 460 g/mol. The third-order valence-corrected chi connectivity index (χ3v) is 5.68. The number of rotatable bonds is 5. The summed E-state index contributed by atoms with van der Waals surface area (Å²) in [5.74, 6) is 0.0210. The van der Waals surface area contributed by atoms with Gasteiger partial charge in [-0.1, -0.05) is 23.7 Å². The molecule has 0 saturated carbocycles. The number of phenols is 1. The average Bonchev–Trinajstić information content (AvgIpc) is 3.48. The normalized spacial score (nSPS) is 11.1. The van der Waals surface area contributed by atoms with Crippen molar-refractivity contribution in [2.75, 3.05) is 0 Å². The minimum Gasteiger partial charge on any atom is -0.507 e. The van der Waals surface area contributed by atoms with Gasteiger partial charge in [-0.15, -0.1) is 10.2 Å². The number of H-pyrrole nitrogens is 2. The molecule has 3 aromatic carbocycles. The second-order valence-corrected chi connectivity index (χ2v) is 7.89. The van der Waals surface area contributed by atoms with Gasteiger partial charge in [0.25, 0.3) is 5.69 Å². The van der Waals surface area contributed by atoms with Gasteiger partial charge in [-0.25, -0.2) is 0 Å². The van der Waals surface area contributed by atoms with E-state index < -0.39 is 4.92 Å². The molecule has 0 atom stereocenters. The number of nitro benzene ring substituents is 1. The number of aromatic hydroxyl groups is 1. The van der Waals surface area contributed by atoms with E-state index >= 15 is 0 Å². The minimum absolute atomic E-state index is 0.0998. The zero-order valence-electron chi connectivity index (χ0n) is 17.2. The molecule has 168 valence electrons. The Kier molecular flexibility index (Phi) is 4.95. The summed E-state index contributed by atoms with van der Waals surface area (Å²) in [5.41, 5.74) is 8.84. The van der Waals surface area contributed by atoms with Crippen molar-refractivity contribution in [3.05, 3.63) is 75.3 Å². The van der Waals surface area contributed by atoms with Crippen LogP contribution in [0.2, 0.25) is 5.02 Å². The molecule has 0 aliphatic carbocycles. The molecule has 2 heterocycles. The zero-order chi connectivity index (χ0) is 24.0. The van der Waals surface area contributed by atoms with Crippen molar-refractivity contribution in [1.29, 1.82) is 5.41 Å². The molecule has 0 spiro atoms. The highest BCUT2D eigenvalue weighted by Gasteiger charge is 2.19. The summed E-state index contributed by atoms with van der Waals surface area (Å²) in [4.78, 5) is 14.0. The van der Waals surface area contributed by atoms with Gasteiger partial charge in [-0.05, 0) is 41.1 Å². The van der Waals surface area contributed by atoms with Crippen molar-refractivity contribution < 1.29 is 10.0 Å². The maximum Gasteiger partial charge on any atom is 0.270 e. The Bertz CT molecular complexity index is 1590. The van der Waals surface area contributed by atoms with E-state index in [1.807, 2.05) is 0 Å². The molecule has 0 fully saturated rings. The first-order valence-corrected chi connectivity index (χ1v) is 10.2. The number of hydrogen-bond donors (Lipinski definition) is 5. The molecular formula is C22H15ClN8O3. The van der Waals surface area contributed by atoms with Gasteiger partial charge in [-0.2, -0.15) is 5.21 Å². The second kappa shape index (κ2) is 7.98. The quantitative estimate of drug-likeness (QED) is 0.109. The number of amidine groups is 1. The van der Waals surface area contributed by atoms with E-state index in [4.69, 9.17) is 22.7 Å². The standard InChI is InChI=1S/C22H15ClN8O3/c23-17-9-18-11(5-15(17)21(24)25)8-19(26-18)16-7-12(22-27-29-30-28-22)6-14(20(16)32)10-2-1-3-13(4-10)31(33)34/h1-9,26,32H,(H3,24,25)(H,27,28,29,30). The number of non-ortho nitro benzene ring substituents is 1. The second-order valence-electron chi connectivity index (χ2n) is 7.48. The van der Waals surface area contributed by atoms with Crippen LogP contribution in [0.4, 0.5) is 5.69 Å². The van der Waals surface area contributed by atoms with E-state index in [0.29, 0.717) is 44.1 Å². The van der Waals surface area contributed by atoms with Crippen LogP contribution < -0.4 is 5.73 Å². The van der Waals surface area contributed by atoms with Gasteiger partial charge in [-0.3, -0.25) is 15.5 Å². The van der Waals surface area contributed by atoms with E-state index in [-0.39, 0.29) is 23.1 Å². The van der Waals surface area contributed by atoms with Crippen LogP contribution in [0.3, 0.4) is 0 Å². The van der Waals surface area contributed by atoms with E-state index in [1.165, 1.54) is 12.1 Å². The number of nitrogens with one attached hydrogen (secondary N) is 3. The number of nitrogens with two attached hydrogens (primary N) is 1. The number of aromatic nitrogens is 5. The van der Waals surface area contributed by atoms with Crippen LogP contribution >= 0.6 is 11.6 Å². The summed E-state index contributed by atoms with van der Waals surface area (Å²) in [7, 11) is 0. The summed E-state index contributed by atoms with van der Waals surface area (Å²) >= 11 is 6.25. The molecule has 0 radical (unpaired) electrons. The number of fused-ring (bicyclic) bond motifs is 1. The molecule has 11 nitrogen and oxygen atoms in total. The Balaban J connectivity index is 1.75. The fourth-order valence-corrected chi connectivity index (χ4v) is 4.03. The first-order chi connectivity index (χ1) is 16.3. The van der Waals surface area contributed by atoms with Crippen LogP contribution in [0, 0.1) is 15.5 Å². The molecule has 5 aromatic rings. The van der Waals surface area contributed by atoms with Gasteiger partial charge >= 0.3 is 0 Å². The Morgan fingerprint density at radius 2 is 1.91 bits per heavy atom. The molecule has 12 heteroatoms. The van der Waals surface area contributed by atoms with Crippen molar-refractivity contribution in [3.8, 4) is 39.5 Å². The summed E-state index contributed by atoms with van der Waals surface area (Å²) in [6, 6.07) is 14.4. The van der Waals surface area contributed by atoms with Crippen LogP contribution in [0.1, 0.15) is 5.56 Å². The predicted octanol–water partition coefficient (Wildman–Crippen LogP) is 4.23.